The van der Waals surface area contributed by atoms with Gasteiger partial charge in [0.1, 0.15) is 0 Å². The summed E-state index contributed by atoms with van der Waals surface area (Å²) in [6.07, 6.45) is 1.10. The molecule has 0 atom stereocenters. The third-order valence-electron chi connectivity index (χ3n) is 1.99. The predicted octanol–water partition coefficient (Wildman–Crippen LogP) is 0.575. The molecule has 17 heavy (non-hydrogen) atoms. The van der Waals surface area contributed by atoms with E-state index in [0.717, 1.165) is 6.26 Å². The van der Waals surface area contributed by atoms with Crippen LogP contribution in [0.2, 0.25) is 0 Å². The second-order valence-electron chi connectivity index (χ2n) is 3.40. The predicted molar refractivity (Wildman–Crippen MR) is 66.7 cm³/mol. The topological polar surface area (TPSA) is 83.5 Å². The molecule has 0 aliphatic carbocycles. The molecule has 0 aliphatic rings. The van der Waals surface area contributed by atoms with Gasteiger partial charge < -0.3 is 10.4 Å². The zero-order chi connectivity index (χ0) is 13.1. The molecule has 1 rings (SSSR count). The molecular formula is C10H12BrNO4S. The number of hydrogen-bond donors (Lipinski definition) is 2. The number of rotatable bonds is 4. The highest BCUT2D eigenvalue weighted by Gasteiger charge is 2.14. The fraction of sp³-hybridized carbons (Fsp3) is 0.300. The zero-order valence-electron chi connectivity index (χ0n) is 9.10. The molecule has 1 aromatic rings. The van der Waals surface area contributed by atoms with Crippen molar-refractivity contribution >= 4 is 31.7 Å². The number of aliphatic hydroxyl groups is 1. The molecule has 0 heterocycles. The van der Waals surface area contributed by atoms with Crippen molar-refractivity contribution in [2.45, 2.75) is 4.90 Å². The van der Waals surface area contributed by atoms with Crippen LogP contribution in [0.3, 0.4) is 0 Å². The van der Waals surface area contributed by atoms with Gasteiger partial charge in [-0.2, -0.15) is 0 Å². The number of benzene rings is 1. The highest BCUT2D eigenvalue weighted by Crippen LogP contribution is 2.23. The van der Waals surface area contributed by atoms with Gasteiger partial charge in [-0.15, -0.1) is 0 Å². The largest absolute Gasteiger partial charge is 0.395 e. The van der Waals surface area contributed by atoms with Crippen LogP contribution < -0.4 is 5.32 Å². The van der Waals surface area contributed by atoms with Crippen LogP contribution in [0.1, 0.15) is 10.4 Å². The monoisotopic (exact) mass is 321 g/mol. The quantitative estimate of drug-likeness (QED) is 0.849. The summed E-state index contributed by atoms with van der Waals surface area (Å²) < 4.78 is 23.0. The molecule has 7 heteroatoms. The van der Waals surface area contributed by atoms with Gasteiger partial charge in [-0.05, 0) is 34.1 Å². The summed E-state index contributed by atoms with van der Waals surface area (Å²) in [4.78, 5) is 11.7. The van der Waals surface area contributed by atoms with E-state index < -0.39 is 9.84 Å². The van der Waals surface area contributed by atoms with E-state index in [2.05, 4.69) is 21.2 Å². The highest BCUT2D eigenvalue weighted by molar-refractivity contribution is 9.10. The lowest BCUT2D eigenvalue weighted by atomic mass is 10.2. The second-order valence-corrected chi connectivity index (χ2v) is 6.24. The van der Waals surface area contributed by atoms with Gasteiger partial charge in [-0.25, -0.2) is 8.42 Å². The number of sulfone groups is 1. The van der Waals surface area contributed by atoms with Gasteiger partial charge in [0.05, 0.1) is 11.5 Å². The second kappa shape index (κ2) is 5.61. The Bertz CT molecular complexity index is 527. The van der Waals surface area contributed by atoms with Crippen LogP contribution in [0.4, 0.5) is 0 Å². The fourth-order valence-electron chi connectivity index (χ4n) is 1.21. The Morgan fingerprint density at radius 1 is 1.47 bits per heavy atom. The summed E-state index contributed by atoms with van der Waals surface area (Å²) in [5.74, 6) is -0.361. The summed E-state index contributed by atoms with van der Waals surface area (Å²) in [6.45, 7) is 0.0125. The van der Waals surface area contributed by atoms with Crippen molar-refractivity contribution in [3.05, 3.63) is 28.2 Å². The maximum Gasteiger partial charge on any atom is 0.251 e. The van der Waals surface area contributed by atoms with E-state index in [-0.39, 0.29) is 24.0 Å². The molecule has 0 unspecified atom stereocenters. The molecular weight excluding hydrogens is 310 g/mol. The number of nitrogens with one attached hydrogen (secondary N) is 1. The standard InChI is InChI=1S/C10H12BrNO4S/c1-17(15,16)9-3-2-7(6-8(9)11)10(14)12-4-5-13/h2-3,6,13H,4-5H2,1H3,(H,12,14). The number of hydrogen-bond acceptors (Lipinski definition) is 4. The smallest absolute Gasteiger partial charge is 0.251 e. The number of halogens is 1. The Kier molecular flexibility index (Phi) is 4.67. The SMILES string of the molecule is CS(=O)(=O)c1ccc(C(=O)NCCO)cc1Br. The maximum atomic E-state index is 11.5. The lowest BCUT2D eigenvalue weighted by molar-refractivity contribution is 0.0944. The highest BCUT2D eigenvalue weighted by atomic mass is 79.9. The summed E-state index contributed by atoms with van der Waals surface area (Å²) in [7, 11) is -3.31. The molecule has 0 aromatic heterocycles. The molecule has 0 fully saturated rings. The molecule has 1 amide bonds. The van der Waals surface area contributed by atoms with Gasteiger partial charge in [0.25, 0.3) is 5.91 Å². The van der Waals surface area contributed by atoms with Crippen molar-refractivity contribution in [1.29, 1.82) is 0 Å². The molecule has 2 N–H and O–H groups in total. The van der Waals surface area contributed by atoms with E-state index in [1.807, 2.05) is 0 Å². The van der Waals surface area contributed by atoms with Crippen molar-refractivity contribution in [2.24, 2.45) is 0 Å². The van der Waals surface area contributed by atoms with Crippen molar-refractivity contribution in [2.75, 3.05) is 19.4 Å². The summed E-state index contributed by atoms with van der Waals surface area (Å²) in [6, 6.07) is 4.23. The molecule has 0 spiro atoms. The molecule has 94 valence electrons. The summed E-state index contributed by atoms with van der Waals surface area (Å²) in [5.41, 5.74) is 0.331. The van der Waals surface area contributed by atoms with Gasteiger partial charge in [-0.1, -0.05) is 0 Å². The Morgan fingerprint density at radius 2 is 2.12 bits per heavy atom. The van der Waals surface area contributed by atoms with Gasteiger partial charge in [0.15, 0.2) is 9.84 Å². The zero-order valence-corrected chi connectivity index (χ0v) is 11.5. The Labute approximate surface area is 108 Å². The van der Waals surface area contributed by atoms with E-state index in [4.69, 9.17) is 5.11 Å². The fourth-order valence-corrected chi connectivity index (χ4v) is 3.20. The normalized spacial score (nSPS) is 11.2. The lowest BCUT2D eigenvalue weighted by Gasteiger charge is -2.06. The van der Waals surface area contributed by atoms with Crippen LogP contribution in [0.5, 0.6) is 0 Å². The average molecular weight is 322 g/mol. The average Bonchev–Trinajstić information content (AvgIpc) is 2.23. The van der Waals surface area contributed by atoms with Gasteiger partial charge in [0.2, 0.25) is 0 Å². The Morgan fingerprint density at radius 3 is 2.59 bits per heavy atom. The first kappa shape index (κ1) is 14.1. The minimum atomic E-state index is -3.31. The van der Waals surface area contributed by atoms with Crippen LogP contribution in [0, 0.1) is 0 Å². The molecule has 0 saturated carbocycles. The van der Waals surface area contributed by atoms with Crippen LogP contribution in [-0.4, -0.2) is 38.8 Å². The summed E-state index contributed by atoms with van der Waals surface area (Å²) >= 11 is 3.11. The van der Waals surface area contributed by atoms with Gasteiger partial charge >= 0.3 is 0 Å². The van der Waals surface area contributed by atoms with Crippen molar-refractivity contribution < 1.29 is 18.3 Å². The van der Waals surface area contributed by atoms with Crippen molar-refractivity contribution in [1.82, 2.24) is 5.32 Å². The number of aliphatic hydroxyl groups excluding tert-OH is 1. The third-order valence-corrected chi connectivity index (χ3v) is 4.06. The first-order valence-electron chi connectivity index (χ1n) is 4.75. The Balaban J connectivity index is 3.01. The van der Waals surface area contributed by atoms with E-state index >= 15 is 0 Å². The van der Waals surface area contributed by atoms with E-state index in [0.29, 0.717) is 10.0 Å². The first-order valence-corrected chi connectivity index (χ1v) is 7.43. The van der Waals surface area contributed by atoms with E-state index in [1.54, 1.807) is 0 Å². The lowest BCUT2D eigenvalue weighted by Crippen LogP contribution is -2.26. The molecule has 5 nitrogen and oxygen atoms in total. The van der Waals surface area contributed by atoms with Crippen molar-refractivity contribution in [3.63, 3.8) is 0 Å². The van der Waals surface area contributed by atoms with Crippen LogP contribution in [0.25, 0.3) is 0 Å². The van der Waals surface area contributed by atoms with Gasteiger partial charge in [0, 0.05) is 22.8 Å². The summed E-state index contributed by atoms with van der Waals surface area (Å²) in [5, 5.41) is 11.0. The van der Waals surface area contributed by atoms with Crippen LogP contribution >= 0.6 is 15.9 Å². The molecule has 0 radical (unpaired) electrons. The van der Waals surface area contributed by atoms with Crippen LogP contribution in [-0.2, 0) is 9.84 Å². The Hall–Kier alpha value is -0.920. The number of amides is 1. The maximum absolute atomic E-state index is 11.5. The molecule has 0 aliphatic heterocycles. The molecule has 0 bridgehead atoms. The third kappa shape index (κ3) is 3.79. The van der Waals surface area contributed by atoms with Gasteiger partial charge in [-0.3, -0.25) is 4.79 Å². The van der Waals surface area contributed by atoms with Crippen molar-refractivity contribution in [3.8, 4) is 0 Å². The first-order chi connectivity index (χ1) is 7.86. The number of carbonyl (C=O) groups is 1. The van der Waals surface area contributed by atoms with E-state index in [1.165, 1.54) is 18.2 Å². The molecule has 0 saturated heterocycles. The minimum Gasteiger partial charge on any atom is -0.395 e. The van der Waals surface area contributed by atoms with Crippen LogP contribution in [0.15, 0.2) is 27.6 Å². The molecule has 1 aromatic carbocycles. The minimum absolute atomic E-state index is 0.135. The number of carbonyl (C=O) groups excluding carboxylic acids is 1. The van der Waals surface area contributed by atoms with E-state index in [9.17, 15) is 13.2 Å².